The lowest BCUT2D eigenvalue weighted by atomic mass is 10.0. The molecule has 0 aliphatic heterocycles. The van der Waals surface area contributed by atoms with E-state index in [1.54, 1.807) is 0 Å². The van der Waals surface area contributed by atoms with Crippen molar-refractivity contribution in [3.63, 3.8) is 0 Å². The topological polar surface area (TPSA) is 60.8 Å². The van der Waals surface area contributed by atoms with E-state index in [-0.39, 0.29) is 6.15 Å². The number of rotatable bonds is 10. The predicted molar refractivity (Wildman–Crippen MR) is 106 cm³/mol. The Morgan fingerprint density at radius 2 is 1.23 bits per heavy atom. The highest BCUT2D eigenvalue weighted by Crippen LogP contribution is 2.15. The van der Waals surface area contributed by atoms with Crippen molar-refractivity contribution in [3.05, 3.63) is 0 Å². The zero-order valence-electron chi connectivity index (χ0n) is 14.6. The van der Waals surface area contributed by atoms with Gasteiger partial charge < -0.3 is 6.15 Å². The lowest BCUT2D eigenvalue weighted by Crippen LogP contribution is -1.87. The van der Waals surface area contributed by atoms with Crippen molar-refractivity contribution in [2.75, 3.05) is 0 Å². The summed E-state index contributed by atoms with van der Waals surface area (Å²) in [6.45, 7) is 6.93. The first-order valence-corrected chi connectivity index (χ1v) is 9.98. The molecule has 0 unspecified atom stereocenters. The quantitative estimate of drug-likeness (QED) is 0.314. The minimum Gasteiger partial charge on any atom is -0.344 e. The summed E-state index contributed by atoms with van der Waals surface area (Å²) in [6, 6.07) is 0. The van der Waals surface area contributed by atoms with Gasteiger partial charge in [-0.05, 0) is 5.92 Å². The zero-order chi connectivity index (χ0) is 15.9. The molecule has 0 fully saturated rings. The molecule has 22 heavy (non-hydrogen) atoms. The van der Waals surface area contributed by atoms with Gasteiger partial charge in [0.2, 0.25) is 0 Å². The molecule has 1 aromatic heterocycles. The molecule has 132 valence electrons. The Morgan fingerprint density at radius 1 is 0.818 bits per heavy atom. The highest BCUT2D eigenvalue weighted by Gasteiger charge is 1.94. The maximum atomic E-state index is 3.90. The summed E-state index contributed by atoms with van der Waals surface area (Å²) >= 11 is 9.15. The Balaban J connectivity index is 0. The first kappa shape index (κ1) is 24.5. The summed E-state index contributed by atoms with van der Waals surface area (Å²) < 4.78 is 1.31. The van der Waals surface area contributed by atoms with Gasteiger partial charge in [0.25, 0.3) is 0 Å². The van der Waals surface area contributed by atoms with E-state index in [4.69, 9.17) is 0 Å². The predicted octanol–water partition coefficient (Wildman–Crippen LogP) is 6.84. The molecule has 0 aliphatic rings. The molecule has 0 atom stereocenters. The first-order chi connectivity index (χ1) is 10.1. The van der Waals surface area contributed by atoms with Crippen molar-refractivity contribution in [2.24, 2.45) is 5.92 Å². The lowest BCUT2D eigenvalue weighted by molar-refractivity contribution is 0.507. The zero-order valence-corrected chi connectivity index (χ0v) is 17.2. The second-order valence-corrected chi connectivity index (χ2v) is 8.31. The van der Waals surface area contributed by atoms with Crippen LogP contribution in [0.4, 0.5) is 0 Å². The van der Waals surface area contributed by atoms with Gasteiger partial charge in [-0.1, -0.05) is 96.3 Å². The van der Waals surface area contributed by atoms with Crippen LogP contribution >= 0.6 is 36.6 Å². The molecule has 0 amide bonds. The monoisotopic (exact) mass is 365 g/mol. The van der Waals surface area contributed by atoms with Crippen molar-refractivity contribution in [2.45, 2.75) is 93.7 Å². The minimum absolute atomic E-state index is 0. The number of hydrogen-bond donors (Lipinski definition) is 3. The summed E-state index contributed by atoms with van der Waals surface area (Å²) in [5.74, 6) is 0.902. The number of hydrogen-bond acceptors (Lipinski definition) is 6. The Labute approximate surface area is 152 Å². The molecule has 1 heterocycles. The van der Waals surface area contributed by atoms with Crippen molar-refractivity contribution in [3.8, 4) is 0 Å². The molecule has 0 spiro atoms. The van der Waals surface area contributed by atoms with E-state index in [9.17, 15) is 0 Å². The number of aromatic nitrogens is 2. The second kappa shape index (κ2) is 17.6. The van der Waals surface area contributed by atoms with Crippen LogP contribution in [0.25, 0.3) is 0 Å². The Kier molecular flexibility index (Phi) is 19.5. The molecule has 0 saturated heterocycles. The van der Waals surface area contributed by atoms with Crippen LogP contribution in [0.3, 0.4) is 0 Å². The van der Waals surface area contributed by atoms with Gasteiger partial charge in [-0.2, -0.15) is 0 Å². The van der Waals surface area contributed by atoms with Crippen LogP contribution in [0.15, 0.2) is 8.68 Å². The van der Waals surface area contributed by atoms with Gasteiger partial charge in [0.05, 0.1) is 0 Å². The van der Waals surface area contributed by atoms with Gasteiger partial charge in [0, 0.05) is 0 Å². The maximum Gasteiger partial charge on any atom is 0.172 e. The summed E-state index contributed by atoms with van der Waals surface area (Å²) in [5.41, 5.74) is 0. The van der Waals surface area contributed by atoms with Gasteiger partial charge in [0.15, 0.2) is 8.68 Å². The summed E-state index contributed by atoms with van der Waals surface area (Å²) in [4.78, 5) is 0. The molecule has 6 heteroatoms. The fourth-order valence-electron chi connectivity index (χ4n) is 2.07. The third kappa shape index (κ3) is 18.3. The fraction of sp³-hybridized carbons (Fsp3) is 0.875. The van der Waals surface area contributed by atoms with Crippen LogP contribution in [0.2, 0.25) is 0 Å². The summed E-state index contributed by atoms with van der Waals surface area (Å²) in [6.07, 6.45) is 14.5. The van der Waals surface area contributed by atoms with Gasteiger partial charge in [-0.15, -0.1) is 35.5 Å². The normalized spacial score (nSPS) is 10.1. The Bertz CT molecular complexity index is 314. The first-order valence-electron chi connectivity index (χ1n) is 8.27. The van der Waals surface area contributed by atoms with Crippen molar-refractivity contribution >= 4 is 36.6 Å². The van der Waals surface area contributed by atoms with E-state index in [0.29, 0.717) is 8.68 Å². The molecule has 0 aromatic carbocycles. The average Bonchev–Trinajstić information content (AvgIpc) is 2.81. The van der Waals surface area contributed by atoms with E-state index in [2.05, 4.69) is 56.2 Å². The molecule has 1 aromatic rings. The standard InChI is InChI=1S/C14H30.C2H2N2S3.H3N/c1-4-5-6-7-8-9-10-11-12-13-14(2)3;5-1-3-4-2(6)7-1;/h14H,4-13H2,1-3H3;(H,3,5)(H,4,6);1H3. The van der Waals surface area contributed by atoms with E-state index < -0.39 is 0 Å². The third-order valence-electron chi connectivity index (χ3n) is 3.29. The van der Waals surface area contributed by atoms with E-state index in [0.717, 1.165) is 5.92 Å². The molecule has 3 N–H and O–H groups in total. The maximum absolute atomic E-state index is 3.90. The minimum atomic E-state index is 0. The van der Waals surface area contributed by atoms with Gasteiger partial charge >= 0.3 is 0 Å². The third-order valence-corrected chi connectivity index (χ3v) is 4.54. The highest BCUT2D eigenvalue weighted by molar-refractivity contribution is 7.85. The van der Waals surface area contributed by atoms with Crippen LogP contribution in [-0.2, 0) is 0 Å². The molecule has 0 saturated carbocycles. The fourth-order valence-corrected chi connectivity index (χ4v) is 3.22. The highest BCUT2D eigenvalue weighted by atomic mass is 32.2. The van der Waals surface area contributed by atoms with E-state index in [1.165, 1.54) is 75.5 Å². The number of unbranched alkanes of at least 4 members (excludes halogenated alkanes) is 8. The van der Waals surface area contributed by atoms with Gasteiger partial charge in [0.1, 0.15) is 0 Å². The Hall–Kier alpha value is 0.220. The van der Waals surface area contributed by atoms with Crippen LogP contribution in [-0.4, -0.2) is 10.2 Å². The van der Waals surface area contributed by atoms with Crippen molar-refractivity contribution in [1.29, 1.82) is 0 Å². The molecule has 0 radical (unpaired) electrons. The van der Waals surface area contributed by atoms with Crippen LogP contribution in [0, 0.1) is 5.92 Å². The molecular weight excluding hydrogens is 330 g/mol. The number of nitrogens with zero attached hydrogens (tertiary/aromatic N) is 2. The summed E-state index contributed by atoms with van der Waals surface area (Å²) in [7, 11) is 0. The van der Waals surface area contributed by atoms with Crippen molar-refractivity contribution in [1.82, 2.24) is 16.3 Å². The molecule has 0 aliphatic carbocycles. The van der Waals surface area contributed by atoms with Crippen LogP contribution in [0.5, 0.6) is 0 Å². The van der Waals surface area contributed by atoms with Gasteiger partial charge in [-0.3, -0.25) is 0 Å². The molecule has 3 nitrogen and oxygen atoms in total. The Morgan fingerprint density at radius 3 is 1.55 bits per heavy atom. The van der Waals surface area contributed by atoms with Gasteiger partial charge in [-0.25, -0.2) is 0 Å². The van der Waals surface area contributed by atoms with Crippen molar-refractivity contribution < 1.29 is 0 Å². The molecule has 0 bridgehead atoms. The number of thiol groups is 2. The lowest BCUT2D eigenvalue weighted by Gasteiger charge is -2.04. The smallest absolute Gasteiger partial charge is 0.172 e. The van der Waals surface area contributed by atoms with Crippen LogP contribution < -0.4 is 6.15 Å². The second-order valence-electron chi connectivity index (χ2n) is 5.88. The van der Waals surface area contributed by atoms with E-state index >= 15 is 0 Å². The molecule has 1 rings (SSSR count). The largest absolute Gasteiger partial charge is 0.344 e. The van der Waals surface area contributed by atoms with E-state index in [1.807, 2.05) is 0 Å². The molecular formula is C16H35N3S3. The summed E-state index contributed by atoms with van der Waals surface area (Å²) in [5, 5.41) is 7.15. The SMILES string of the molecule is CCCCCCCCCCCC(C)C.N.Sc1nnc(S)s1. The van der Waals surface area contributed by atoms with Crippen LogP contribution in [0.1, 0.15) is 85.0 Å². The average molecular weight is 366 g/mol.